The molecular formula is C18H10F6N6O. The zero-order valence-electron chi connectivity index (χ0n) is 15.4. The number of alkyl halides is 6. The van der Waals surface area contributed by atoms with Gasteiger partial charge in [-0.3, -0.25) is 0 Å². The quantitative estimate of drug-likeness (QED) is 0.397. The molecule has 2 aromatic rings. The van der Waals surface area contributed by atoms with Crippen LogP contribution in [-0.2, 0) is 12.4 Å². The lowest BCUT2D eigenvalue weighted by Gasteiger charge is -2.18. The van der Waals surface area contributed by atoms with Gasteiger partial charge in [-0.1, -0.05) is 5.22 Å². The summed E-state index contributed by atoms with van der Waals surface area (Å²) in [5.41, 5.74) is -4.30. The molecule has 160 valence electrons. The molecule has 0 saturated carbocycles. The lowest BCUT2D eigenvalue weighted by atomic mass is 10.1. The van der Waals surface area contributed by atoms with E-state index in [2.05, 4.69) is 15.7 Å². The molecule has 2 rings (SSSR count). The van der Waals surface area contributed by atoms with Crippen molar-refractivity contribution in [2.24, 2.45) is 10.3 Å². The Balaban J connectivity index is 2.64. The summed E-state index contributed by atoms with van der Waals surface area (Å²) >= 11 is 0. The Morgan fingerprint density at radius 3 is 1.94 bits per heavy atom. The molecule has 31 heavy (non-hydrogen) atoms. The van der Waals surface area contributed by atoms with Gasteiger partial charge in [0.25, 0.3) is 0 Å². The van der Waals surface area contributed by atoms with Gasteiger partial charge in [0, 0.05) is 7.05 Å². The lowest BCUT2D eigenvalue weighted by Crippen LogP contribution is -2.34. The predicted molar refractivity (Wildman–Crippen MR) is 93.8 cm³/mol. The summed E-state index contributed by atoms with van der Waals surface area (Å²) in [7, 11) is 1.11. The van der Waals surface area contributed by atoms with Gasteiger partial charge in [0.2, 0.25) is 0 Å². The first-order valence-corrected chi connectivity index (χ1v) is 8.08. The van der Waals surface area contributed by atoms with E-state index in [1.807, 2.05) is 0 Å². The van der Waals surface area contributed by atoms with E-state index in [1.165, 1.54) is 0 Å². The molecule has 0 radical (unpaired) electrons. The molecule has 0 saturated heterocycles. The minimum absolute atomic E-state index is 0.273. The fraction of sp³-hybridized carbons (Fsp3) is 0.167. The van der Waals surface area contributed by atoms with Crippen LogP contribution >= 0.6 is 0 Å². The Kier molecular flexibility index (Phi) is 6.50. The smallest absolute Gasteiger partial charge is 0.339 e. The number of anilines is 1. The number of hydrogen-bond donors (Lipinski definition) is 1. The van der Waals surface area contributed by atoms with Crippen LogP contribution in [0.3, 0.4) is 0 Å². The van der Waals surface area contributed by atoms with Crippen molar-refractivity contribution in [3.05, 3.63) is 58.7 Å². The molecule has 0 aliphatic rings. The Bertz CT molecular complexity index is 1110. The van der Waals surface area contributed by atoms with Crippen LogP contribution < -0.4 is 10.3 Å². The Morgan fingerprint density at radius 2 is 1.45 bits per heavy atom. The van der Waals surface area contributed by atoms with Crippen molar-refractivity contribution in [1.82, 2.24) is 5.32 Å². The molecule has 0 bridgehead atoms. The SMILES string of the molecule is CNC(=O)N(N=Nc1cc(C(F)(F)F)ccc1C#N)c1cc(C(F)(F)F)ccc1C#N. The van der Waals surface area contributed by atoms with E-state index in [-0.39, 0.29) is 16.1 Å². The molecular weight excluding hydrogens is 430 g/mol. The third-order valence-corrected chi connectivity index (χ3v) is 3.77. The highest BCUT2D eigenvalue weighted by Gasteiger charge is 2.33. The number of halogens is 6. The van der Waals surface area contributed by atoms with Crippen molar-refractivity contribution in [1.29, 1.82) is 10.5 Å². The largest absolute Gasteiger partial charge is 0.416 e. The van der Waals surface area contributed by atoms with Crippen LogP contribution in [0.25, 0.3) is 0 Å². The molecule has 0 aliphatic heterocycles. The van der Waals surface area contributed by atoms with Gasteiger partial charge in [0.1, 0.15) is 17.8 Å². The molecule has 0 atom stereocenters. The van der Waals surface area contributed by atoms with Crippen molar-refractivity contribution < 1.29 is 31.1 Å². The third kappa shape index (κ3) is 5.27. The first-order valence-electron chi connectivity index (χ1n) is 8.08. The van der Waals surface area contributed by atoms with E-state index in [9.17, 15) is 36.4 Å². The molecule has 0 heterocycles. The number of benzene rings is 2. The number of carbonyl (C=O) groups is 1. The second-order valence-electron chi connectivity index (χ2n) is 5.74. The van der Waals surface area contributed by atoms with Crippen molar-refractivity contribution in [3.8, 4) is 12.1 Å². The highest BCUT2D eigenvalue weighted by molar-refractivity contribution is 5.92. The summed E-state index contributed by atoms with van der Waals surface area (Å²) in [6, 6.07) is 5.87. The first-order chi connectivity index (χ1) is 14.4. The summed E-state index contributed by atoms with van der Waals surface area (Å²) in [5.74, 6) is 0. The van der Waals surface area contributed by atoms with E-state index in [0.717, 1.165) is 19.2 Å². The summed E-state index contributed by atoms with van der Waals surface area (Å²) in [6.07, 6.45) is -9.59. The van der Waals surface area contributed by atoms with Crippen molar-refractivity contribution in [2.75, 3.05) is 12.1 Å². The van der Waals surface area contributed by atoms with Crippen LogP contribution in [0.1, 0.15) is 22.3 Å². The molecule has 0 fully saturated rings. The van der Waals surface area contributed by atoms with Crippen molar-refractivity contribution in [3.63, 3.8) is 0 Å². The summed E-state index contributed by atoms with van der Waals surface area (Å²) in [5, 5.41) is 27.4. The average molecular weight is 440 g/mol. The second kappa shape index (κ2) is 8.71. The number of nitrogens with zero attached hydrogens (tertiary/aromatic N) is 5. The van der Waals surface area contributed by atoms with Crippen molar-refractivity contribution in [2.45, 2.75) is 12.4 Å². The van der Waals surface area contributed by atoms with Gasteiger partial charge >= 0.3 is 18.4 Å². The molecule has 0 unspecified atom stereocenters. The fourth-order valence-electron chi connectivity index (χ4n) is 2.26. The number of nitriles is 2. The molecule has 0 aromatic heterocycles. The molecule has 2 aromatic carbocycles. The van der Waals surface area contributed by atoms with E-state index >= 15 is 0 Å². The number of nitrogens with one attached hydrogen (secondary N) is 1. The first kappa shape index (κ1) is 23.2. The maximum absolute atomic E-state index is 13.1. The topological polar surface area (TPSA) is 105 Å². The van der Waals surface area contributed by atoms with E-state index < -0.39 is 40.9 Å². The van der Waals surface area contributed by atoms with E-state index in [0.29, 0.717) is 24.3 Å². The number of rotatable bonds is 3. The highest BCUT2D eigenvalue weighted by atomic mass is 19.4. The fourth-order valence-corrected chi connectivity index (χ4v) is 2.26. The van der Waals surface area contributed by atoms with Crippen LogP contribution in [-0.4, -0.2) is 13.1 Å². The van der Waals surface area contributed by atoms with Gasteiger partial charge < -0.3 is 5.32 Å². The van der Waals surface area contributed by atoms with E-state index in [4.69, 9.17) is 5.26 Å². The van der Waals surface area contributed by atoms with Gasteiger partial charge in [-0.25, -0.2) is 4.79 Å². The maximum Gasteiger partial charge on any atom is 0.416 e. The summed E-state index contributed by atoms with van der Waals surface area (Å²) in [6.45, 7) is 0. The van der Waals surface area contributed by atoms with Crippen molar-refractivity contribution >= 4 is 17.4 Å². The number of amides is 2. The molecule has 1 N–H and O–H groups in total. The molecule has 13 heteroatoms. The summed E-state index contributed by atoms with van der Waals surface area (Å²) < 4.78 is 78.0. The molecule has 2 amide bonds. The normalized spacial score (nSPS) is 11.6. The number of hydrogen-bond acceptors (Lipinski definition) is 5. The van der Waals surface area contributed by atoms with Gasteiger partial charge in [-0.2, -0.15) is 41.9 Å². The monoisotopic (exact) mass is 440 g/mol. The second-order valence-corrected chi connectivity index (χ2v) is 5.74. The Hall–Kier alpha value is -4.13. The van der Waals surface area contributed by atoms with Gasteiger partial charge in [-0.05, 0) is 36.4 Å². The van der Waals surface area contributed by atoms with Gasteiger partial charge in [0.05, 0.1) is 27.9 Å². The molecule has 7 nitrogen and oxygen atoms in total. The van der Waals surface area contributed by atoms with Crippen LogP contribution in [0, 0.1) is 22.7 Å². The Morgan fingerprint density at radius 1 is 0.935 bits per heavy atom. The average Bonchev–Trinajstić information content (AvgIpc) is 2.71. The van der Waals surface area contributed by atoms with Crippen LogP contribution in [0.4, 0.5) is 42.5 Å². The van der Waals surface area contributed by atoms with Crippen LogP contribution in [0.5, 0.6) is 0 Å². The minimum atomic E-state index is -4.82. The number of urea groups is 1. The zero-order chi connectivity index (χ0) is 23.4. The molecule has 0 aliphatic carbocycles. The van der Waals surface area contributed by atoms with Gasteiger partial charge in [0.15, 0.2) is 0 Å². The predicted octanol–water partition coefficient (Wildman–Crippen LogP) is 5.31. The van der Waals surface area contributed by atoms with E-state index in [1.54, 1.807) is 12.1 Å². The lowest BCUT2D eigenvalue weighted by molar-refractivity contribution is -0.138. The zero-order valence-corrected chi connectivity index (χ0v) is 15.4. The minimum Gasteiger partial charge on any atom is -0.339 e. The number of carbonyl (C=O) groups excluding carboxylic acids is 1. The van der Waals surface area contributed by atoms with Crippen LogP contribution in [0.2, 0.25) is 0 Å². The maximum atomic E-state index is 13.1. The molecule has 0 spiro atoms. The third-order valence-electron chi connectivity index (χ3n) is 3.77. The highest BCUT2D eigenvalue weighted by Crippen LogP contribution is 2.35. The Labute approximate surface area is 170 Å². The van der Waals surface area contributed by atoms with Gasteiger partial charge in [-0.15, -0.1) is 5.11 Å². The summed E-state index contributed by atoms with van der Waals surface area (Å²) in [4.78, 5) is 12.2. The standard InChI is InChI=1S/C18H10F6N6O/c1-27-16(31)30(15-7-13(18(22,23)24)5-3-11(15)9-26)29-28-14-6-12(17(19,20)21)4-2-10(14)8-25/h2-7H,1H3,(H,27,31). The van der Waals surface area contributed by atoms with Crippen LogP contribution in [0.15, 0.2) is 46.7 Å².